The first-order chi connectivity index (χ1) is 22.2. The molecule has 8 aromatic rings. The van der Waals surface area contributed by atoms with E-state index in [1.165, 1.54) is 0 Å². The van der Waals surface area contributed by atoms with E-state index in [0.717, 1.165) is 65.5 Å². The summed E-state index contributed by atoms with van der Waals surface area (Å²) < 4.78 is 0. The fourth-order valence-corrected chi connectivity index (χ4v) is 6.32. The van der Waals surface area contributed by atoms with Crippen LogP contribution in [0.5, 0.6) is 0 Å². The number of rotatable bonds is 5. The van der Waals surface area contributed by atoms with Gasteiger partial charge in [-0.05, 0) is 39.1 Å². The Labute approximate surface area is 266 Å². The number of aromatic nitrogens is 3. The Morgan fingerprint density at radius 3 is 1.29 bits per heavy atom. The monoisotopic (exact) mass is 595 g/mol. The van der Waals surface area contributed by atoms with Crippen molar-refractivity contribution in [2.45, 2.75) is 0 Å². The fourth-order valence-electron chi connectivity index (χ4n) is 5.99. The maximum atomic E-state index is 6.89. The zero-order chi connectivity index (χ0) is 30.2. The highest BCUT2D eigenvalue weighted by Crippen LogP contribution is 2.41. The smallest absolute Gasteiger partial charge is 0.164 e. The van der Waals surface area contributed by atoms with Gasteiger partial charge in [-0.25, -0.2) is 15.0 Å². The van der Waals surface area contributed by atoms with Gasteiger partial charge in [0.15, 0.2) is 17.5 Å². The standard InChI is InChI=1S/C41H26ClN3/c42-38-35-20-9-7-18-33(35)37(34-19-8-10-21-36(34)38)28-22-24-30(25-23-28)40-43-39(29-14-5-2-6-15-29)44-41(45-40)32-17-11-16-31(26-32)27-12-3-1-4-13-27/h1-26H. The maximum absolute atomic E-state index is 6.89. The Kier molecular flexibility index (Phi) is 6.86. The largest absolute Gasteiger partial charge is 0.208 e. The molecule has 7 aromatic carbocycles. The van der Waals surface area contributed by atoms with Crippen LogP contribution < -0.4 is 0 Å². The number of hydrogen-bond donors (Lipinski definition) is 0. The summed E-state index contributed by atoms with van der Waals surface area (Å²) in [6.07, 6.45) is 0. The van der Waals surface area contributed by atoms with Gasteiger partial charge >= 0.3 is 0 Å². The van der Waals surface area contributed by atoms with Crippen LogP contribution in [0.2, 0.25) is 5.02 Å². The first-order valence-electron chi connectivity index (χ1n) is 14.9. The SMILES string of the molecule is Clc1c2ccccc2c(-c2ccc(-c3nc(-c4ccccc4)nc(-c4cccc(-c5ccccc5)c4)n3)cc2)c2ccccc12. The molecule has 0 saturated heterocycles. The molecule has 0 amide bonds. The normalized spacial score (nSPS) is 11.2. The van der Waals surface area contributed by atoms with Gasteiger partial charge in [-0.15, -0.1) is 0 Å². The van der Waals surface area contributed by atoms with Crippen molar-refractivity contribution in [3.63, 3.8) is 0 Å². The van der Waals surface area contributed by atoms with Crippen molar-refractivity contribution in [1.29, 1.82) is 0 Å². The Hall–Kier alpha value is -5.64. The molecule has 0 aliphatic carbocycles. The quantitative estimate of drug-likeness (QED) is 0.186. The lowest BCUT2D eigenvalue weighted by Crippen LogP contribution is -2.00. The third-order valence-corrected chi connectivity index (χ3v) is 8.60. The lowest BCUT2D eigenvalue weighted by atomic mass is 9.91. The Morgan fingerprint density at radius 1 is 0.311 bits per heavy atom. The molecular weight excluding hydrogens is 570 g/mol. The van der Waals surface area contributed by atoms with E-state index < -0.39 is 0 Å². The Morgan fingerprint density at radius 2 is 0.711 bits per heavy atom. The first kappa shape index (κ1) is 26.9. The average molecular weight is 596 g/mol. The van der Waals surface area contributed by atoms with E-state index in [2.05, 4.69) is 109 Å². The Bertz CT molecular complexity index is 2260. The molecular formula is C41H26ClN3. The second-order valence-electron chi connectivity index (χ2n) is 11.0. The van der Waals surface area contributed by atoms with Crippen LogP contribution in [-0.4, -0.2) is 15.0 Å². The highest BCUT2D eigenvalue weighted by atomic mass is 35.5. The summed E-state index contributed by atoms with van der Waals surface area (Å²) >= 11 is 6.89. The summed E-state index contributed by atoms with van der Waals surface area (Å²) in [5, 5.41) is 5.12. The molecule has 4 heteroatoms. The molecule has 0 saturated carbocycles. The zero-order valence-corrected chi connectivity index (χ0v) is 25.0. The van der Waals surface area contributed by atoms with Gasteiger partial charge in [0.25, 0.3) is 0 Å². The maximum Gasteiger partial charge on any atom is 0.164 e. The molecule has 1 heterocycles. The molecule has 0 N–H and O–H groups in total. The fraction of sp³-hybridized carbons (Fsp3) is 0. The van der Waals surface area contributed by atoms with Crippen molar-refractivity contribution in [3.8, 4) is 56.4 Å². The molecule has 45 heavy (non-hydrogen) atoms. The molecule has 0 aliphatic rings. The second kappa shape index (κ2) is 11.5. The predicted octanol–water partition coefficient (Wildman–Crippen LogP) is 11.2. The van der Waals surface area contributed by atoms with Crippen LogP contribution in [0.3, 0.4) is 0 Å². The summed E-state index contributed by atoms with van der Waals surface area (Å²) in [5.41, 5.74) is 7.33. The van der Waals surface area contributed by atoms with E-state index in [1.54, 1.807) is 0 Å². The van der Waals surface area contributed by atoms with E-state index in [-0.39, 0.29) is 0 Å². The number of halogens is 1. The van der Waals surface area contributed by atoms with Gasteiger partial charge in [-0.1, -0.05) is 163 Å². The lowest BCUT2D eigenvalue weighted by molar-refractivity contribution is 1.07. The summed E-state index contributed by atoms with van der Waals surface area (Å²) in [7, 11) is 0. The number of nitrogens with zero attached hydrogens (tertiary/aromatic N) is 3. The highest BCUT2D eigenvalue weighted by Gasteiger charge is 2.16. The zero-order valence-electron chi connectivity index (χ0n) is 24.2. The third kappa shape index (κ3) is 5.04. The lowest BCUT2D eigenvalue weighted by Gasteiger charge is -2.14. The third-order valence-electron chi connectivity index (χ3n) is 8.19. The van der Waals surface area contributed by atoms with Gasteiger partial charge in [0.2, 0.25) is 0 Å². The van der Waals surface area contributed by atoms with Crippen molar-refractivity contribution in [1.82, 2.24) is 15.0 Å². The summed E-state index contributed by atoms with van der Waals surface area (Å²) in [4.78, 5) is 14.9. The molecule has 0 radical (unpaired) electrons. The van der Waals surface area contributed by atoms with Crippen molar-refractivity contribution < 1.29 is 0 Å². The first-order valence-corrected chi connectivity index (χ1v) is 15.3. The van der Waals surface area contributed by atoms with E-state index >= 15 is 0 Å². The van der Waals surface area contributed by atoms with Crippen LogP contribution in [0.15, 0.2) is 158 Å². The van der Waals surface area contributed by atoms with Crippen LogP contribution in [-0.2, 0) is 0 Å². The molecule has 8 rings (SSSR count). The van der Waals surface area contributed by atoms with Gasteiger partial charge in [-0.3, -0.25) is 0 Å². The summed E-state index contributed by atoms with van der Waals surface area (Å²) in [5.74, 6) is 1.90. The topological polar surface area (TPSA) is 38.7 Å². The van der Waals surface area contributed by atoms with Crippen LogP contribution in [0, 0.1) is 0 Å². The molecule has 3 nitrogen and oxygen atoms in total. The number of fused-ring (bicyclic) bond motifs is 2. The summed E-state index contributed by atoms with van der Waals surface area (Å²) in [6, 6.07) is 54.0. The second-order valence-corrected chi connectivity index (χ2v) is 11.4. The van der Waals surface area contributed by atoms with Crippen LogP contribution in [0.4, 0.5) is 0 Å². The van der Waals surface area contributed by atoms with E-state index in [0.29, 0.717) is 17.5 Å². The van der Waals surface area contributed by atoms with E-state index in [9.17, 15) is 0 Å². The molecule has 0 atom stereocenters. The van der Waals surface area contributed by atoms with E-state index in [4.69, 9.17) is 26.6 Å². The summed E-state index contributed by atoms with van der Waals surface area (Å²) in [6.45, 7) is 0. The average Bonchev–Trinajstić information content (AvgIpc) is 3.13. The van der Waals surface area contributed by atoms with Crippen molar-refractivity contribution >= 4 is 33.1 Å². The Balaban J connectivity index is 1.26. The number of benzene rings is 7. The molecule has 0 unspecified atom stereocenters. The van der Waals surface area contributed by atoms with Crippen molar-refractivity contribution in [3.05, 3.63) is 163 Å². The van der Waals surface area contributed by atoms with Gasteiger partial charge < -0.3 is 0 Å². The predicted molar refractivity (Wildman–Crippen MR) is 187 cm³/mol. The van der Waals surface area contributed by atoms with Crippen LogP contribution in [0.25, 0.3) is 78.0 Å². The van der Waals surface area contributed by atoms with Gasteiger partial charge in [0.1, 0.15) is 0 Å². The van der Waals surface area contributed by atoms with Crippen LogP contribution >= 0.6 is 11.6 Å². The molecule has 0 fully saturated rings. The van der Waals surface area contributed by atoms with E-state index in [1.807, 2.05) is 48.5 Å². The van der Waals surface area contributed by atoms with Crippen molar-refractivity contribution in [2.75, 3.05) is 0 Å². The molecule has 0 bridgehead atoms. The molecule has 212 valence electrons. The molecule has 1 aromatic heterocycles. The minimum absolute atomic E-state index is 0.626. The molecule has 0 aliphatic heterocycles. The van der Waals surface area contributed by atoms with Crippen molar-refractivity contribution in [2.24, 2.45) is 0 Å². The van der Waals surface area contributed by atoms with Crippen LogP contribution in [0.1, 0.15) is 0 Å². The van der Waals surface area contributed by atoms with Gasteiger partial charge in [0.05, 0.1) is 5.02 Å². The van der Waals surface area contributed by atoms with Gasteiger partial charge in [0, 0.05) is 27.5 Å². The highest BCUT2D eigenvalue weighted by molar-refractivity contribution is 6.42. The minimum Gasteiger partial charge on any atom is -0.208 e. The van der Waals surface area contributed by atoms with Gasteiger partial charge in [-0.2, -0.15) is 0 Å². The molecule has 0 spiro atoms. The minimum atomic E-state index is 0.626. The number of hydrogen-bond acceptors (Lipinski definition) is 3.